The van der Waals surface area contributed by atoms with Gasteiger partial charge in [0.25, 0.3) is 5.91 Å². The van der Waals surface area contributed by atoms with Crippen LogP contribution in [0.4, 0.5) is 10.1 Å². The first-order valence-corrected chi connectivity index (χ1v) is 12.2. The first-order chi connectivity index (χ1) is 17.3. The second-order valence-electron chi connectivity index (χ2n) is 9.00. The van der Waals surface area contributed by atoms with Gasteiger partial charge in [0.15, 0.2) is 5.96 Å². The number of imidazole rings is 1. The van der Waals surface area contributed by atoms with Crippen molar-refractivity contribution >= 4 is 40.7 Å². The molecule has 3 aromatic rings. The lowest BCUT2D eigenvalue weighted by molar-refractivity contribution is -0.137. The number of guanidine groups is 1. The Kier molecular flexibility index (Phi) is 9.77. The topological polar surface area (TPSA) is 125 Å². The number of fused-ring (bicyclic) bond motifs is 1. The molecule has 0 bridgehead atoms. The van der Waals surface area contributed by atoms with E-state index in [-0.39, 0.29) is 29.2 Å². The van der Waals surface area contributed by atoms with Crippen LogP contribution in [0.5, 0.6) is 0 Å². The number of nitrogens with two attached hydrogens (primary N) is 1. The number of aromatic nitrogens is 2. The normalized spacial score (nSPS) is 16.4. The number of aliphatic hydroxyl groups is 1. The Morgan fingerprint density at radius 1 is 1.22 bits per heavy atom. The Morgan fingerprint density at radius 2 is 1.84 bits per heavy atom. The molecule has 1 aliphatic heterocycles. The van der Waals surface area contributed by atoms with Gasteiger partial charge in [-0.05, 0) is 58.0 Å². The molecule has 2 aromatic heterocycles. The van der Waals surface area contributed by atoms with Crippen LogP contribution in [0.15, 0.2) is 47.7 Å². The molecule has 2 amide bonds. The highest BCUT2D eigenvalue weighted by Crippen LogP contribution is 2.42. The van der Waals surface area contributed by atoms with E-state index in [9.17, 15) is 14.0 Å². The third-order valence-electron chi connectivity index (χ3n) is 5.34. The van der Waals surface area contributed by atoms with Crippen molar-refractivity contribution in [3.63, 3.8) is 0 Å². The maximum absolute atomic E-state index is 14.7. The average Bonchev–Trinajstić information content (AvgIpc) is 3.26. The van der Waals surface area contributed by atoms with Crippen LogP contribution in [0.25, 0.3) is 5.65 Å². The molecule has 4 N–H and O–H groups in total. The summed E-state index contributed by atoms with van der Waals surface area (Å²) in [5.74, 6) is -1.29. The molecule has 0 spiro atoms. The van der Waals surface area contributed by atoms with E-state index in [4.69, 9.17) is 22.4 Å². The minimum absolute atomic E-state index is 0.00604. The van der Waals surface area contributed by atoms with Gasteiger partial charge in [-0.1, -0.05) is 25.4 Å². The maximum atomic E-state index is 14.7. The molecule has 1 unspecified atom stereocenters. The largest absolute Gasteiger partial charge is 0.394 e. The van der Waals surface area contributed by atoms with Gasteiger partial charge in [-0.2, -0.15) is 0 Å². The lowest BCUT2D eigenvalue weighted by Gasteiger charge is -2.38. The van der Waals surface area contributed by atoms with Crippen molar-refractivity contribution in [3.05, 3.63) is 64.8 Å². The molecule has 4 rings (SSSR count). The number of halogens is 2. The van der Waals surface area contributed by atoms with Crippen molar-refractivity contribution in [2.75, 3.05) is 12.4 Å². The van der Waals surface area contributed by atoms with Gasteiger partial charge in [-0.25, -0.2) is 14.4 Å². The molecule has 0 aliphatic carbocycles. The summed E-state index contributed by atoms with van der Waals surface area (Å²) in [6.07, 6.45) is 3.02. The van der Waals surface area contributed by atoms with E-state index in [1.807, 2.05) is 13.8 Å². The molecule has 37 heavy (non-hydrogen) atoms. The molecule has 1 atom stereocenters. The second kappa shape index (κ2) is 12.2. The first kappa shape index (κ1) is 29.7. The summed E-state index contributed by atoms with van der Waals surface area (Å²) >= 11 is 5.96. The predicted molar refractivity (Wildman–Crippen MR) is 144 cm³/mol. The van der Waals surface area contributed by atoms with Crippen molar-refractivity contribution in [2.45, 2.75) is 53.7 Å². The van der Waals surface area contributed by atoms with Gasteiger partial charge in [0.1, 0.15) is 17.2 Å². The molecule has 0 saturated carbocycles. The van der Waals surface area contributed by atoms with Crippen LogP contribution in [-0.4, -0.2) is 50.3 Å². The summed E-state index contributed by atoms with van der Waals surface area (Å²) in [6.45, 7) is 10.8. The van der Waals surface area contributed by atoms with Gasteiger partial charge in [-0.3, -0.25) is 14.5 Å². The van der Waals surface area contributed by atoms with Crippen LogP contribution in [0, 0.1) is 11.2 Å². The standard InChI is InChI=1S/C21H20ClFN6O2.C3H8O.C2H6/c1-21(2)17(27-20(24)28(3)19(21)31)13-8-12(5-6-14(13)23)25-18(30)15-10-29-9-11(22)4-7-16(29)26-15;1-3(2)4;1-2/h4-10,17H,1-3H3,(H2,24,27)(H,25,30);3-4H,1-2H3;1-2H3. The number of pyridine rings is 1. The number of aliphatic hydroxyl groups excluding tert-OH is 1. The predicted octanol–water partition coefficient (Wildman–Crippen LogP) is 4.65. The number of nitrogens with one attached hydrogen (secondary N) is 1. The fourth-order valence-electron chi connectivity index (χ4n) is 3.59. The highest BCUT2D eigenvalue weighted by Gasteiger charge is 2.45. The van der Waals surface area contributed by atoms with Gasteiger partial charge in [0.2, 0.25) is 5.91 Å². The minimum Gasteiger partial charge on any atom is -0.394 e. The summed E-state index contributed by atoms with van der Waals surface area (Å²) in [5, 5.41) is 11.3. The third-order valence-corrected chi connectivity index (χ3v) is 5.56. The zero-order valence-corrected chi connectivity index (χ0v) is 22.8. The van der Waals surface area contributed by atoms with Crippen molar-refractivity contribution in [1.29, 1.82) is 0 Å². The number of anilines is 1. The third kappa shape index (κ3) is 6.84. The molecule has 9 nitrogen and oxygen atoms in total. The van der Waals surface area contributed by atoms with E-state index in [2.05, 4.69) is 15.3 Å². The second-order valence-corrected chi connectivity index (χ2v) is 9.44. The van der Waals surface area contributed by atoms with Gasteiger partial charge < -0.3 is 20.6 Å². The SMILES string of the molecule is CC.CC(C)O.CN1C(=O)C(C)(C)C(c2cc(NC(=O)c3cn4cc(Cl)ccc4n3)ccc2F)N=C1N. The lowest BCUT2D eigenvalue weighted by Crippen LogP contribution is -2.51. The molecule has 11 heteroatoms. The lowest BCUT2D eigenvalue weighted by atomic mass is 9.78. The van der Waals surface area contributed by atoms with Crippen molar-refractivity contribution in [3.8, 4) is 0 Å². The quantitative estimate of drug-likeness (QED) is 0.453. The number of carbonyl (C=O) groups is 2. The van der Waals surface area contributed by atoms with E-state index >= 15 is 0 Å². The Balaban J connectivity index is 0.000000733. The van der Waals surface area contributed by atoms with Gasteiger partial charge >= 0.3 is 0 Å². The summed E-state index contributed by atoms with van der Waals surface area (Å²) in [4.78, 5) is 35.2. The number of hydrogen-bond acceptors (Lipinski definition) is 6. The smallest absolute Gasteiger partial charge is 0.275 e. The molecule has 1 aromatic carbocycles. The fourth-order valence-corrected chi connectivity index (χ4v) is 3.76. The zero-order chi connectivity index (χ0) is 28.1. The van der Waals surface area contributed by atoms with Crippen LogP contribution in [-0.2, 0) is 4.79 Å². The molecule has 0 fully saturated rings. The number of rotatable bonds is 3. The Labute approximate surface area is 221 Å². The molecular weight excluding hydrogens is 499 g/mol. The Morgan fingerprint density at radius 3 is 2.46 bits per heavy atom. The first-order valence-electron chi connectivity index (χ1n) is 11.9. The molecule has 0 radical (unpaired) electrons. The maximum Gasteiger partial charge on any atom is 0.275 e. The van der Waals surface area contributed by atoms with Crippen LogP contribution >= 0.6 is 11.6 Å². The molecular formula is C26H34ClFN6O3. The van der Waals surface area contributed by atoms with E-state index in [0.29, 0.717) is 16.4 Å². The van der Waals surface area contributed by atoms with Gasteiger partial charge in [-0.15, -0.1) is 0 Å². The zero-order valence-electron chi connectivity index (χ0n) is 22.1. The van der Waals surface area contributed by atoms with E-state index in [1.54, 1.807) is 56.6 Å². The summed E-state index contributed by atoms with van der Waals surface area (Å²) in [6, 6.07) is 6.64. The average molecular weight is 533 g/mol. The molecule has 0 saturated heterocycles. The van der Waals surface area contributed by atoms with E-state index in [0.717, 1.165) is 0 Å². The highest BCUT2D eigenvalue weighted by atomic mass is 35.5. The van der Waals surface area contributed by atoms with Crippen LogP contribution in [0.1, 0.15) is 63.6 Å². The van der Waals surface area contributed by atoms with Crippen molar-refractivity contribution in [2.24, 2.45) is 16.1 Å². The number of hydrogen-bond donors (Lipinski definition) is 3. The number of amides is 2. The van der Waals surface area contributed by atoms with Crippen LogP contribution < -0.4 is 11.1 Å². The Hall–Kier alpha value is -3.50. The number of carbonyl (C=O) groups excluding carboxylic acids is 2. The fraction of sp³-hybridized carbons (Fsp3) is 0.385. The van der Waals surface area contributed by atoms with Crippen LogP contribution in [0.2, 0.25) is 5.02 Å². The van der Waals surface area contributed by atoms with Gasteiger partial charge in [0.05, 0.1) is 16.5 Å². The van der Waals surface area contributed by atoms with Crippen LogP contribution in [0.3, 0.4) is 0 Å². The minimum atomic E-state index is -1.03. The molecule has 1 aliphatic rings. The Bertz CT molecular complexity index is 1300. The number of nitrogens with zero attached hydrogens (tertiary/aromatic N) is 4. The summed E-state index contributed by atoms with van der Waals surface area (Å²) in [5.41, 5.74) is 6.06. The van der Waals surface area contributed by atoms with Gasteiger partial charge in [0, 0.05) is 36.8 Å². The summed E-state index contributed by atoms with van der Waals surface area (Å²) < 4.78 is 16.3. The number of aliphatic imine (C=N–C) groups is 1. The highest BCUT2D eigenvalue weighted by molar-refractivity contribution is 6.30. The monoisotopic (exact) mass is 532 g/mol. The molecule has 3 heterocycles. The van der Waals surface area contributed by atoms with E-state index < -0.39 is 23.2 Å². The summed E-state index contributed by atoms with van der Waals surface area (Å²) in [7, 11) is 1.52. The number of benzene rings is 1. The van der Waals surface area contributed by atoms with Crippen molar-refractivity contribution in [1.82, 2.24) is 14.3 Å². The molecule has 200 valence electrons. The van der Waals surface area contributed by atoms with E-state index in [1.165, 1.54) is 30.1 Å². The van der Waals surface area contributed by atoms with Crippen molar-refractivity contribution < 1.29 is 19.1 Å².